The number of carbonyl (C=O) groups is 1. The number of hydrogen-bond acceptors (Lipinski definition) is 4. The molecule has 2 heterocycles. The number of likely N-dealkylation sites (tertiary alicyclic amines) is 1. The second kappa shape index (κ2) is 6.56. The fraction of sp³-hybridized carbons (Fsp3) is 0.450. The van der Waals surface area contributed by atoms with Crippen molar-refractivity contribution in [1.82, 2.24) is 14.9 Å². The first-order chi connectivity index (χ1) is 12.2. The van der Waals surface area contributed by atoms with Crippen molar-refractivity contribution >= 4 is 5.91 Å². The molecule has 1 aromatic heterocycles. The van der Waals surface area contributed by atoms with Crippen molar-refractivity contribution < 1.29 is 9.90 Å². The van der Waals surface area contributed by atoms with Crippen molar-refractivity contribution in [3.8, 4) is 0 Å². The van der Waals surface area contributed by atoms with Gasteiger partial charge in [0.2, 0.25) is 5.82 Å². The van der Waals surface area contributed by atoms with E-state index in [1.54, 1.807) is 18.5 Å². The first-order valence-electron chi connectivity index (χ1n) is 9.06. The zero-order valence-electron chi connectivity index (χ0n) is 14.2. The van der Waals surface area contributed by atoms with Gasteiger partial charge in [-0.2, -0.15) is 0 Å². The zero-order valence-corrected chi connectivity index (χ0v) is 14.2. The predicted octanol–water partition coefficient (Wildman–Crippen LogP) is 2.77. The molecule has 1 saturated carbocycles. The maximum atomic E-state index is 12.9. The van der Waals surface area contributed by atoms with Gasteiger partial charge in [-0.15, -0.1) is 0 Å². The first-order valence-corrected chi connectivity index (χ1v) is 9.06. The van der Waals surface area contributed by atoms with Gasteiger partial charge >= 0.3 is 0 Å². The number of fused-ring (bicyclic) bond motifs is 1. The van der Waals surface area contributed by atoms with Gasteiger partial charge in [-0.25, -0.2) is 9.97 Å². The SMILES string of the molecule is O=C(c1ncccn1)N1CCC(O)(c2ccccc2)C2CCCCC21. The van der Waals surface area contributed by atoms with E-state index in [1.807, 2.05) is 35.2 Å². The Morgan fingerprint density at radius 2 is 1.80 bits per heavy atom. The molecule has 5 heteroatoms. The van der Waals surface area contributed by atoms with Crippen LogP contribution < -0.4 is 0 Å². The second-order valence-electron chi connectivity index (χ2n) is 7.07. The Hall–Kier alpha value is -2.27. The number of amides is 1. The molecule has 0 radical (unpaired) electrons. The molecule has 3 atom stereocenters. The number of aliphatic hydroxyl groups is 1. The Morgan fingerprint density at radius 3 is 2.56 bits per heavy atom. The molecule has 1 aliphatic carbocycles. The summed E-state index contributed by atoms with van der Waals surface area (Å²) in [7, 11) is 0. The number of benzene rings is 1. The smallest absolute Gasteiger partial charge is 0.291 e. The lowest BCUT2D eigenvalue weighted by molar-refractivity contribution is -0.110. The summed E-state index contributed by atoms with van der Waals surface area (Å²) in [5, 5.41) is 11.5. The van der Waals surface area contributed by atoms with Crippen LogP contribution in [-0.2, 0) is 5.60 Å². The summed E-state index contributed by atoms with van der Waals surface area (Å²) in [4.78, 5) is 23.1. The van der Waals surface area contributed by atoms with E-state index >= 15 is 0 Å². The van der Waals surface area contributed by atoms with Gasteiger partial charge in [0.05, 0.1) is 5.60 Å². The molecule has 1 saturated heterocycles. The maximum Gasteiger partial charge on any atom is 0.291 e. The molecular weight excluding hydrogens is 314 g/mol. The number of piperidine rings is 1. The molecule has 130 valence electrons. The first kappa shape index (κ1) is 16.2. The summed E-state index contributed by atoms with van der Waals surface area (Å²) in [6.45, 7) is 0.531. The molecule has 1 aliphatic heterocycles. The van der Waals surface area contributed by atoms with Gasteiger partial charge in [-0.3, -0.25) is 4.79 Å². The van der Waals surface area contributed by atoms with Crippen LogP contribution in [0.4, 0.5) is 0 Å². The highest BCUT2D eigenvalue weighted by molar-refractivity contribution is 5.90. The van der Waals surface area contributed by atoms with Crippen molar-refractivity contribution in [3.63, 3.8) is 0 Å². The fourth-order valence-electron chi connectivity index (χ4n) is 4.56. The van der Waals surface area contributed by atoms with Crippen molar-refractivity contribution in [1.29, 1.82) is 0 Å². The van der Waals surface area contributed by atoms with Gasteiger partial charge in [0.25, 0.3) is 5.91 Å². The Kier molecular flexibility index (Phi) is 4.25. The lowest BCUT2D eigenvalue weighted by Gasteiger charge is -2.52. The highest BCUT2D eigenvalue weighted by atomic mass is 16.3. The van der Waals surface area contributed by atoms with E-state index in [0.29, 0.717) is 13.0 Å². The molecule has 2 aromatic rings. The van der Waals surface area contributed by atoms with Crippen molar-refractivity contribution in [2.24, 2.45) is 5.92 Å². The van der Waals surface area contributed by atoms with Crippen LogP contribution in [0.2, 0.25) is 0 Å². The lowest BCUT2D eigenvalue weighted by Crippen LogP contribution is -2.59. The number of carbonyl (C=O) groups excluding carboxylic acids is 1. The van der Waals surface area contributed by atoms with Crippen molar-refractivity contribution in [3.05, 3.63) is 60.2 Å². The zero-order chi connectivity index (χ0) is 17.3. The summed E-state index contributed by atoms with van der Waals surface area (Å²) >= 11 is 0. The van der Waals surface area contributed by atoms with Crippen LogP contribution in [0.1, 0.15) is 48.3 Å². The Labute approximate surface area is 147 Å². The topological polar surface area (TPSA) is 66.3 Å². The van der Waals surface area contributed by atoms with E-state index in [9.17, 15) is 9.90 Å². The standard InChI is InChI=1S/C20H23N3O2/c24-19(18-21-12-6-13-22-18)23-14-11-20(25,15-7-2-1-3-8-15)16-9-4-5-10-17(16)23/h1-3,6-8,12-13,16-17,25H,4-5,9-11,14H2. The van der Waals surface area contributed by atoms with E-state index < -0.39 is 5.60 Å². The molecule has 4 rings (SSSR count). The second-order valence-corrected chi connectivity index (χ2v) is 7.07. The van der Waals surface area contributed by atoms with Crippen LogP contribution in [-0.4, -0.2) is 38.5 Å². The number of aromatic nitrogens is 2. The maximum absolute atomic E-state index is 12.9. The van der Waals surface area contributed by atoms with Crippen LogP contribution in [0.25, 0.3) is 0 Å². The molecule has 1 amide bonds. The highest BCUT2D eigenvalue weighted by Crippen LogP contribution is 2.47. The molecule has 3 unspecified atom stereocenters. The molecule has 2 aliphatic rings. The van der Waals surface area contributed by atoms with Gasteiger partial charge in [-0.1, -0.05) is 43.2 Å². The minimum absolute atomic E-state index is 0.0454. The van der Waals surface area contributed by atoms with Crippen LogP contribution >= 0.6 is 0 Å². The van der Waals surface area contributed by atoms with Gasteiger partial charge in [0.15, 0.2) is 0 Å². The third-order valence-corrected chi connectivity index (χ3v) is 5.77. The van der Waals surface area contributed by atoms with Crippen LogP contribution in [0.5, 0.6) is 0 Å². The number of rotatable bonds is 2. The average Bonchev–Trinajstić information content (AvgIpc) is 2.69. The lowest BCUT2D eigenvalue weighted by atomic mass is 9.66. The molecule has 1 N–H and O–H groups in total. The average molecular weight is 337 g/mol. The van der Waals surface area contributed by atoms with Gasteiger partial charge in [-0.05, 0) is 30.9 Å². The summed E-state index contributed by atoms with van der Waals surface area (Å²) in [5.74, 6) is 0.189. The predicted molar refractivity (Wildman–Crippen MR) is 93.8 cm³/mol. The van der Waals surface area contributed by atoms with E-state index in [2.05, 4.69) is 9.97 Å². The Balaban J connectivity index is 1.66. The van der Waals surface area contributed by atoms with E-state index in [4.69, 9.17) is 0 Å². The van der Waals surface area contributed by atoms with E-state index in [-0.39, 0.29) is 23.7 Å². The van der Waals surface area contributed by atoms with Crippen LogP contribution in [0.15, 0.2) is 48.8 Å². The van der Waals surface area contributed by atoms with E-state index in [1.165, 1.54) is 0 Å². The molecule has 5 nitrogen and oxygen atoms in total. The Bertz CT molecular complexity index is 737. The molecule has 0 spiro atoms. The Morgan fingerprint density at radius 1 is 1.08 bits per heavy atom. The normalized spacial score (nSPS) is 29.1. The minimum atomic E-state index is -0.860. The third-order valence-electron chi connectivity index (χ3n) is 5.77. The van der Waals surface area contributed by atoms with Crippen LogP contribution in [0.3, 0.4) is 0 Å². The highest BCUT2D eigenvalue weighted by Gasteiger charge is 2.50. The molecule has 25 heavy (non-hydrogen) atoms. The molecule has 0 bridgehead atoms. The largest absolute Gasteiger partial charge is 0.385 e. The van der Waals surface area contributed by atoms with Gasteiger partial charge in [0.1, 0.15) is 0 Å². The van der Waals surface area contributed by atoms with Gasteiger partial charge in [0, 0.05) is 30.9 Å². The summed E-state index contributed by atoms with van der Waals surface area (Å²) < 4.78 is 0. The molecular formula is C20H23N3O2. The minimum Gasteiger partial charge on any atom is -0.385 e. The monoisotopic (exact) mass is 337 g/mol. The van der Waals surface area contributed by atoms with Crippen molar-refractivity contribution in [2.45, 2.75) is 43.7 Å². The number of hydrogen-bond donors (Lipinski definition) is 1. The third kappa shape index (κ3) is 2.82. The van der Waals surface area contributed by atoms with E-state index in [0.717, 1.165) is 31.2 Å². The quantitative estimate of drug-likeness (QED) is 0.915. The molecule has 1 aromatic carbocycles. The number of nitrogens with zero attached hydrogens (tertiary/aromatic N) is 3. The van der Waals surface area contributed by atoms with Gasteiger partial charge < -0.3 is 10.0 Å². The summed E-state index contributed by atoms with van der Waals surface area (Å²) in [6, 6.07) is 11.7. The molecule has 2 fully saturated rings. The fourth-order valence-corrected chi connectivity index (χ4v) is 4.56. The summed E-state index contributed by atoms with van der Waals surface area (Å²) in [6.07, 6.45) is 7.81. The van der Waals surface area contributed by atoms with Crippen LogP contribution in [0, 0.1) is 5.92 Å². The summed E-state index contributed by atoms with van der Waals surface area (Å²) in [5.41, 5.74) is 0.107. The van der Waals surface area contributed by atoms with Crippen molar-refractivity contribution in [2.75, 3.05) is 6.54 Å².